The van der Waals surface area contributed by atoms with E-state index in [0.29, 0.717) is 19.5 Å². The number of hydrogen-bond acceptors (Lipinski definition) is 3. The Bertz CT molecular complexity index is 618. The average Bonchev–Trinajstić information content (AvgIpc) is 2.86. The third kappa shape index (κ3) is 3.92. The smallest absolute Gasteiger partial charge is 0.224 e. The van der Waals surface area contributed by atoms with Gasteiger partial charge in [0.2, 0.25) is 5.91 Å². The van der Waals surface area contributed by atoms with Crippen molar-refractivity contribution >= 4 is 5.91 Å². The first-order chi connectivity index (χ1) is 10.1. The standard InChI is InChI=1S/C16H22N4O/c1-3-15-14(11-20(2)19-15)10-18-16(21)8-12-6-4-5-7-13(12)9-17/h4-7,11H,3,8-10,17H2,1-2H3,(H,18,21). The minimum absolute atomic E-state index is 0.00167. The van der Waals surface area contributed by atoms with Crippen LogP contribution >= 0.6 is 0 Å². The number of nitrogens with two attached hydrogens (primary N) is 1. The van der Waals surface area contributed by atoms with Gasteiger partial charge in [0.05, 0.1) is 12.1 Å². The highest BCUT2D eigenvalue weighted by Gasteiger charge is 2.09. The van der Waals surface area contributed by atoms with Crippen LogP contribution in [-0.2, 0) is 37.8 Å². The normalized spacial score (nSPS) is 10.6. The second-order valence-electron chi connectivity index (χ2n) is 5.05. The average molecular weight is 286 g/mol. The fraction of sp³-hybridized carbons (Fsp3) is 0.375. The van der Waals surface area contributed by atoms with E-state index in [0.717, 1.165) is 28.8 Å². The third-order valence-electron chi connectivity index (χ3n) is 3.49. The molecule has 0 radical (unpaired) electrons. The first kappa shape index (κ1) is 15.3. The molecule has 0 saturated heterocycles. The van der Waals surface area contributed by atoms with Gasteiger partial charge >= 0.3 is 0 Å². The molecule has 3 N–H and O–H groups in total. The van der Waals surface area contributed by atoms with Crippen LogP contribution in [0.15, 0.2) is 30.5 Å². The van der Waals surface area contributed by atoms with E-state index < -0.39 is 0 Å². The molecule has 112 valence electrons. The van der Waals surface area contributed by atoms with Gasteiger partial charge in [-0.05, 0) is 17.5 Å². The highest BCUT2D eigenvalue weighted by Crippen LogP contribution is 2.10. The summed E-state index contributed by atoms with van der Waals surface area (Å²) < 4.78 is 1.78. The Hall–Kier alpha value is -2.14. The van der Waals surface area contributed by atoms with Crippen molar-refractivity contribution < 1.29 is 4.79 Å². The van der Waals surface area contributed by atoms with Crippen LogP contribution in [0.1, 0.15) is 29.3 Å². The maximum absolute atomic E-state index is 12.1. The van der Waals surface area contributed by atoms with Gasteiger partial charge in [-0.2, -0.15) is 5.10 Å². The lowest BCUT2D eigenvalue weighted by atomic mass is 10.0. The third-order valence-corrected chi connectivity index (χ3v) is 3.49. The molecule has 0 saturated carbocycles. The van der Waals surface area contributed by atoms with Gasteiger partial charge in [-0.1, -0.05) is 31.2 Å². The molecule has 0 spiro atoms. The minimum atomic E-state index is 0.00167. The van der Waals surface area contributed by atoms with Crippen molar-refractivity contribution in [3.8, 4) is 0 Å². The molecule has 0 unspecified atom stereocenters. The fourth-order valence-corrected chi connectivity index (χ4v) is 2.39. The zero-order valence-electron chi connectivity index (χ0n) is 12.6. The first-order valence-corrected chi connectivity index (χ1v) is 7.19. The molecule has 5 nitrogen and oxygen atoms in total. The van der Waals surface area contributed by atoms with Gasteiger partial charge < -0.3 is 11.1 Å². The second kappa shape index (κ2) is 7.04. The molecule has 1 heterocycles. The molecule has 0 aliphatic rings. The van der Waals surface area contributed by atoms with Crippen LogP contribution in [0.4, 0.5) is 0 Å². The summed E-state index contributed by atoms with van der Waals surface area (Å²) in [5.74, 6) is 0.00167. The molecule has 1 aromatic heterocycles. The summed E-state index contributed by atoms with van der Waals surface area (Å²) in [4.78, 5) is 12.1. The molecular formula is C16H22N4O. The predicted octanol–water partition coefficient (Wildman–Crippen LogP) is 1.30. The largest absolute Gasteiger partial charge is 0.352 e. The van der Waals surface area contributed by atoms with Gasteiger partial charge in [0.1, 0.15) is 0 Å². The molecule has 2 aromatic rings. The summed E-state index contributed by atoms with van der Waals surface area (Å²) in [5.41, 5.74) is 9.79. The van der Waals surface area contributed by atoms with Crippen molar-refractivity contribution in [2.24, 2.45) is 12.8 Å². The maximum Gasteiger partial charge on any atom is 0.224 e. The van der Waals surface area contributed by atoms with Crippen LogP contribution in [0.2, 0.25) is 0 Å². The lowest BCUT2D eigenvalue weighted by molar-refractivity contribution is -0.120. The number of aromatic nitrogens is 2. The number of carbonyl (C=O) groups is 1. The molecule has 1 amide bonds. The fourth-order valence-electron chi connectivity index (χ4n) is 2.39. The molecule has 0 atom stereocenters. The van der Waals surface area contributed by atoms with Crippen LogP contribution in [0.3, 0.4) is 0 Å². The number of hydrogen-bond donors (Lipinski definition) is 2. The van der Waals surface area contributed by atoms with Gasteiger partial charge in [-0.25, -0.2) is 0 Å². The molecule has 2 rings (SSSR count). The first-order valence-electron chi connectivity index (χ1n) is 7.19. The predicted molar refractivity (Wildman–Crippen MR) is 82.5 cm³/mol. The summed E-state index contributed by atoms with van der Waals surface area (Å²) in [6, 6.07) is 7.77. The molecule has 21 heavy (non-hydrogen) atoms. The molecule has 0 aliphatic heterocycles. The number of rotatable bonds is 6. The van der Waals surface area contributed by atoms with E-state index in [4.69, 9.17) is 5.73 Å². The van der Waals surface area contributed by atoms with Gasteiger partial charge in [-0.15, -0.1) is 0 Å². The van der Waals surface area contributed by atoms with E-state index in [1.54, 1.807) is 4.68 Å². The van der Waals surface area contributed by atoms with E-state index >= 15 is 0 Å². The number of nitrogens with zero attached hydrogens (tertiary/aromatic N) is 2. The Morgan fingerprint density at radius 2 is 2.00 bits per heavy atom. The monoisotopic (exact) mass is 286 g/mol. The van der Waals surface area contributed by atoms with E-state index in [9.17, 15) is 4.79 Å². The zero-order chi connectivity index (χ0) is 15.2. The Kier molecular flexibility index (Phi) is 5.11. The van der Waals surface area contributed by atoms with Crippen LogP contribution in [0.25, 0.3) is 0 Å². The van der Waals surface area contributed by atoms with Crippen molar-refractivity contribution in [2.75, 3.05) is 0 Å². The van der Waals surface area contributed by atoms with Crippen molar-refractivity contribution in [2.45, 2.75) is 32.9 Å². The van der Waals surface area contributed by atoms with Crippen molar-refractivity contribution in [1.82, 2.24) is 15.1 Å². The lowest BCUT2D eigenvalue weighted by Crippen LogP contribution is -2.25. The van der Waals surface area contributed by atoms with Crippen LogP contribution in [0, 0.1) is 0 Å². The van der Waals surface area contributed by atoms with Gasteiger partial charge in [0, 0.05) is 31.9 Å². The number of amides is 1. The Balaban J connectivity index is 1.96. The molecule has 0 bridgehead atoms. The highest BCUT2D eigenvalue weighted by molar-refractivity contribution is 5.78. The summed E-state index contributed by atoms with van der Waals surface area (Å²) in [5, 5.41) is 7.32. The summed E-state index contributed by atoms with van der Waals surface area (Å²) in [6.45, 7) is 3.03. The van der Waals surface area contributed by atoms with Gasteiger partial charge in [0.25, 0.3) is 0 Å². The number of nitrogens with one attached hydrogen (secondary N) is 1. The zero-order valence-corrected chi connectivity index (χ0v) is 12.6. The summed E-state index contributed by atoms with van der Waals surface area (Å²) in [6.07, 6.45) is 3.17. The lowest BCUT2D eigenvalue weighted by Gasteiger charge is -2.08. The topological polar surface area (TPSA) is 72.9 Å². The van der Waals surface area contributed by atoms with Crippen LogP contribution in [0.5, 0.6) is 0 Å². The number of carbonyl (C=O) groups excluding carboxylic acids is 1. The Morgan fingerprint density at radius 1 is 1.29 bits per heavy atom. The molecule has 0 aliphatic carbocycles. The minimum Gasteiger partial charge on any atom is -0.352 e. The molecule has 5 heteroatoms. The second-order valence-corrected chi connectivity index (χ2v) is 5.05. The number of aryl methyl sites for hydroxylation is 2. The van der Waals surface area contributed by atoms with Gasteiger partial charge in [0.15, 0.2) is 0 Å². The van der Waals surface area contributed by atoms with E-state index in [-0.39, 0.29) is 5.91 Å². The van der Waals surface area contributed by atoms with Crippen LogP contribution < -0.4 is 11.1 Å². The Labute approximate surface area is 125 Å². The van der Waals surface area contributed by atoms with E-state index in [1.165, 1.54) is 0 Å². The van der Waals surface area contributed by atoms with Crippen molar-refractivity contribution in [3.63, 3.8) is 0 Å². The highest BCUT2D eigenvalue weighted by atomic mass is 16.1. The number of benzene rings is 1. The quantitative estimate of drug-likeness (QED) is 0.840. The SMILES string of the molecule is CCc1nn(C)cc1CNC(=O)Cc1ccccc1CN. The van der Waals surface area contributed by atoms with Crippen molar-refractivity contribution in [3.05, 3.63) is 52.8 Å². The van der Waals surface area contributed by atoms with E-state index in [2.05, 4.69) is 17.3 Å². The van der Waals surface area contributed by atoms with Crippen LogP contribution in [-0.4, -0.2) is 15.7 Å². The summed E-state index contributed by atoms with van der Waals surface area (Å²) in [7, 11) is 1.89. The van der Waals surface area contributed by atoms with E-state index in [1.807, 2.05) is 37.5 Å². The molecule has 1 aromatic carbocycles. The van der Waals surface area contributed by atoms with Gasteiger partial charge in [-0.3, -0.25) is 9.48 Å². The van der Waals surface area contributed by atoms with Crippen molar-refractivity contribution in [1.29, 1.82) is 0 Å². The Morgan fingerprint density at radius 3 is 2.67 bits per heavy atom. The summed E-state index contributed by atoms with van der Waals surface area (Å²) >= 11 is 0. The molecular weight excluding hydrogens is 264 g/mol. The maximum atomic E-state index is 12.1. The molecule has 0 fully saturated rings.